The highest BCUT2D eigenvalue weighted by atomic mass is 16.5. The Morgan fingerprint density at radius 1 is 1.00 bits per heavy atom. The van der Waals surface area contributed by atoms with Gasteiger partial charge in [-0.15, -0.1) is 0 Å². The molecule has 0 unspecified atom stereocenters. The van der Waals surface area contributed by atoms with E-state index >= 15 is 0 Å². The summed E-state index contributed by atoms with van der Waals surface area (Å²) in [6.07, 6.45) is 3.78. The number of para-hydroxylation sites is 1. The van der Waals surface area contributed by atoms with Crippen molar-refractivity contribution < 1.29 is 28.6 Å². The van der Waals surface area contributed by atoms with E-state index in [0.29, 0.717) is 65.4 Å². The number of likely N-dealkylation sites (tertiary alicyclic amines) is 1. The molecule has 41 heavy (non-hydrogen) atoms. The highest BCUT2D eigenvalue weighted by Crippen LogP contribution is 2.37. The molecule has 0 aliphatic carbocycles. The first-order valence-corrected chi connectivity index (χ1v) is 13.0. The quantitative estimate of drug-likeness (QED) is 0.383. The lowest BCUT2D eigenvalue weighted by Crippen LogP contribution is -2.61. The summed E-state index contributed by atoms with van der Waals surface area (Å²) in [6.45, 7) is 0.706. The molecule has 208 valence electrons. The summed E-state index contributed by atoms with van der Waals surface area (Å²) in [5.41, 5.74) is 7.23. The molecule has 3 amide bonds. The molecule has 11 nitrogen and oxygen atoms in total. The third-order valence-corrected chi connectivity index (χ3v) is 7.51. The highest BCUT2D eigenvalue weighted by molar-refractivity contribution is 6.01. The van der Waals surface area contributed by atoms with Gasteiger partial charge in [0.05, 0.1) is 25.3 Å². The zero-order valence-electron chi connectivity index (χ0n) is 22.5. The van der Waals surface area contributed by atoms with Crippen LogP contribution in [0.5, 0.6) is 17.2 Å². The van der Waals surface area contributed by atoms with Crippen LogP contribution in [0.2, 0.25) is 0 Å². The molecule has 6 rings (SSSR count). The number of primary amides is 1. The van der Waals surface area contributed by atoms with E-state index in [2.05, 4.69) is 15.3 Å². The van der Waals surface area contributed by atoms with Crippen molar-refractivity contribution >= 4 is 28.6 Å². The maximum atomic E-state index is 13.5. The molecular formula is C30H27N5O6. The van der Waals surface area contributed by atoms with E-state index < -0.39 is 11.6 Å². The number of amides is 3. The van der Waals surface area contributed by atoms with Crippen molar-refractivity contribution in [2.45, 2.75) is 18.6 Å². The summed E-state index contributed by atoms with van der Waals surface area (Å²) < 4.78 is 17.3. The second-order valence-electron chi connectivity index (χ2n) is 9.95. The Labute approximate surface area is 235 Å². The maximum absolute atomic E-state index is 13.5. The van der Waals surface area contributed by atoms with E-state index in [9.17, 15) is 14.4 Å². The number of nitrogens with two attached hydrogens (primary N) is 1. The van der Waals surface area contributed by atoms with E-state index in [1.807, 2.05) is 12.1 Å². The molecule has 4 aromatic rings. The second-order valence-corrected chi connectivity index (χ2v) is 9.95. The molecule has 2 aliphatic heterocycles. The SMILES string of the molecule is COc1cc(C(=O)N2CCC3(CC2)NC(=O)c2cc(-c4cncc(C(N)=O)c4)ccc2O3)nc2c(OC)cccc12. The maximum Gasteiger partial charge on any atom is 0.272 e. The number of carbonyl (C=O) groups excluding carboxylic acids is 3. The minimum atomic E-state index is -0.937. The smallest absolute Gasteiger partial charge is 0.272 e. The van der Waals surface area contributed by atoms with Gasteiger partial charge in [-0.05, 0) is 35.9 Å². The van der Waals surface area contributed by atoms with Crippen molar-refractivity contribution in [3.63, 3.8) is 0 Å². The van der Waals surface area contributed by atoms with Crippen LogP contribution in [0.25, 0.3) is 22.0 Å². The number of pyridine rings is 2. The van der Waals surface area contributed by atoms with Crippen LogP contribution in [0.1, 0.15) is 44.0 Å². The van der Waals surface area contributed by atoms with Crippen LogP contribution in [-0.2, 0) is 0 Å². The number of nitrogens with one attached hydrogen (secondary N) is 1. The fourth-order valence-electron chi connectivity index (χ4n) is 5.31. The van der Waals surface area contributed by atoms with E-state index in [-0.39, 0.29) is 23.1 Å². The molecule has 0 radical (unpaired) electrons. The van der Waals surface area contributed by atoms with Crippen LogP contribution in [0.4, 0.5) is 0 Å². The van der Waals surface area contributed by atoms with Crippen molar-refractivity contribution in [2.24, 2.45) is 5.73 Å². The molecule has 1 saturated heterocycles. The van der Waals surface area contributed by atoms with Crippen LogP contribution in [0, 0.1) is 0 Å². The predicted octanol–water partition coefficient (Wildman–Crippen LogP) is 3.17. The number of ether oxygens (including phenoxy) is 3. The monoisotopic (exact) mass is 553 g/mol. The molecule has 2 aromatic carbocycles. The molecule has 0 atom stereocenters. The number of piperidine rings is 1. The molecule has 1 fully saturated rings. The number of carbonyl (C=O) groups is 3. The zero-order valence-corrected chi connectivity index (χ0v) is 22.5. The molecule has 11 heteroatoms. The van der Waals surface area contributed by atoms with Gasteiger partial charge in [-0.2, -0.15) is 0 Å². The first-order chi connectivity index (χ1) is 19.8. The minimum absolute atomic E-state index is 0.245. The normalized spacial score (nSPS) is 15.6. The Kier molecular flexibility index (Phi) is 6.41. The van der Waals surface area contributed by atoms with Crippen molar-refractivity contribution in [1.29, 1.82) is 0 Å². The highest BCUT2D eigenvalue weighted by Gasteiger charge is 2.43. The molecule has 0 bridgehead atoms. The zero-order chi connectivity index (χ0) is 28.7. The van der Waals surface area contributed by atoms with Crippen LogP contribution in [-0.4, -0.2) is 65.6 Å². The Bertz CT molecular complexity index is 1710. The number of hydrogen-bond donors (Lipinski definition) is 2. The van der Waals surface area contributed by atoms with Gasteiger partial charge in [-0.1, -0.05) is 12.1 Å². The van der Waals surface area contributed by atoms with Gasteiger partial charge < -0.3 is 30.2 Å². The number of benzene rings is 2. The summed E-state index contributed by atoms with van der Waals surface area (Å²) >= 11 is 0. The van der Waals surface area contributed by atoms with Gasteiger partial charge in [-0.25, -0.2) is 4.98 Å². The lowest BCUT2D eigenvalue weighted by atomic mass is 9.95. The van der Waals surface area contributed by atoms with Crippen molar-refractivity contribution in [3.05, 3.63) is 77.7 Å². The Morgan fingerprint density at radius 2 is 1.78 bits per heavy atom. The first-order valence-electron chi connectivity index (χ1n) is 13.0. The topological polar surface area (TPSA) is 146 Å². The predicted molar refractivity (Wildman–Crippen MR) is 149 cm³/mol. The van der Waals surface area contributed by atoms with E-state index in [1.165, 1.54) is 6.20 Å². The average molecular weight is 554 g/mol. The van der Waals surface area contributed by atoms with Crippen LogP contribution in [0.3, 0.4) is 0 Å². The van der Waals surface area contributed by atoms with Crippen LogP contribution < -0.4 is 25.3 Å². The molecule has 2 aromatic heterocycles. The molecule has 3 N–H and O–H groups in total. The van der Waals surface area contributed by atoms with Gasteiger partial charge in [0.25, 0.3) is 11.8 Å². The van der Waals surface area contributed by atoms with Crippen LogP contribution >= 0.6 is 0 Å². The molecule has 2 aliphatic rings. The Balaban J connectivity index is 1.20. The van der Waals surface area contributed by atoms with Gasteiger partial charge >= 0.3 is 0 Å². The summed E-state index contributed by atoms with van der Waals surface area (Å²) in [5.74, 6) is 0.418. The van der Waals surface area contributed by atoms with E-state index in [1.54, 1.807) is 61.7 Å². The van der Waals surface area contributed by atoms with Crippen molar-refractivity contribution in [1.82, 2.24) is 20.2 Å². The van der Waals surface area contributed by atoms with Gasteiger partial charge in [0.2, 0.25) is 5.91 Å². The van der Waals surface area contributed by atoms with Crippen molar-refractivity contribution in [2.75, 3.05) is 27.3 Å². The van der Waals surface area contributed by atoms with E-state index in [4.69, 9.17) is 19.9 Å². The van der Waals surface area contributed by atoms with Crippen LogP contribution in [0.15, 0.2) is 60.9 Å². The third-order valence-electron chi connectivity index (χ3n) is 7.51. The number of hydrogen-bond acceptors (Lipinski definition) is 8. The first kappa shape index (κ1) is 26.1. The summed E-state index contributed by atoms with van der Waals surface area (Å²) in [6, 6.07) is 14.0. The van der Waals surface area contributed by atoms with Gasteiger partial charge in [0.15, 0.2) is 5.72 Å². The minimum Gasteiger partial charge on any atom is -0.496 e. The lowest BCUT2D eigenvalue weighted by Gasteiger charge is -2.44. The number of nitrogens with zero attached hydrogens (tertiary/aromatic N) is 3. The fourth-order valence-corrected chi connectivity index (χ4v) is 5.31. The Morgan fingerprint density at radius 3 is 2.51 bits per heavy atom. The number of rotatable bonds is 5. The van der Waals surface area contributed by atoms with Gasteiger partial charge in [0.1, 0.15) is 28.5 Å². The third kappa shape index (κ3) is 4.65. The summed E-state index contributed by atoms with van der Waals surface area (Å²) in [5, 5.41) is 3.76. The second kappa shape index (κ2) is 10.1. The summed E-state index contributed by atoms with van der Waals surface area (Å²) in [7, 11) is 3.10. The average Bonchev–Trinajstić information content (AvgIpc) is 3.00. The van der Waals surface area contributed by atoms with Crippen molar-refractivity contribution in [3.8, 4) is 28.4 Å². The molecule has 1 spiro atoms. The standard InChI is InChI=1S/C30H27N5O6/c1-39-24-5-3-4-20-25(40-2)14-22(33-26(20)24)29(38)35-10-8-30(9-11-35)34-28(37)21-13-17(6-7-23(21)41-30)18-12-19(27(31)36)16-32-15-18/h3-7,12-16H,8-11H2,1-2H3,(H2,31,36)(H,34,37). The molecular weight excluding hydrogens is 526 g/mol. The molecule has 0 saturated carbocycles. The van der Waals surface area contributed by atoms with Gasteiger partial charge in [-0.3, -0.25) is 19.4 Å². The molecule has 4 heterocycles. The fraction of sp³-hybridized carbons (Fsp3) is 0.233. The summed E-state index contributed by atoms with van der Waals surface area (Å²) in [4.78, 5) is 48.6. The number of fused-ring (bicyclic) bond motifs is 2. The lowest BCUT2D eigenvalue weighted by molar-refractivity contribution is -0.0246. The van der Waals surface area contributed by atoms with Gasteiger partial charge in [0, 0.05) is 55.3 Å². The largest absolute Gasteiger partial charge is 0.496 e. The number of methoxy groups -OCH3 is 2. The Hall–Kier alpha value is -5.19. The van der Waals surface area contributed by atoms with E-state index in [0.717, 1.165) is 5.39 Å². The number of aromatic nitrogens is 2.